The Labute approximate surface area is 146 Å². The van der Waals surface area contributed by atoms with Crippen molar-refractivity contribution >= 4 is 17.7 Å². The summed E-state index contributed by atoms with van der Waals surface area (Å²) in [5, 5.41) is 3.21. The lowest BCUT2D eigenvalue weighted by atomic mass is 10.1. The van der Waals surface area contributed by atoms with Gasteiger partial charge in [0.2, 0.25) is 11.9 Å². The molecule has 0 saturated carbocycles. The number of piperazine rings is 1. The summed E-state index contributed by atoms with van der Waals surface area (Å²) in [5.74, 6) is 1.33. The molecule has 1 saturated heterocycles. The van der Waals surface area contributed by atoms with Crippen molar-refractivity contribution < 1.29 is 9.18 Å². The molecule has 0 bridgehead atoms. The van der Waals surface area contributed by atoms with Gasteiger partial charge in [-0.25, -0.2) is 9.37 Å². The first kappa shape index (κ1) is 17.1. The van der Waals surface area contributed by atoms with Crippen LogP contribution in [-0.2, 0) is 11.2 Å². The summed E-state index contributed by atoms with van der Waals surface area (Å²) in [4.78, 5) is 24.2. The molecule has 25 heavy (non-hydrogen) atoms. The average Bonchev–Trinajstić information content (AvgIpc) is 2.64. The largest absolute Gasteiger partial charge is 0.354 e. The fraction of sp³-hybridized carbons (Fsp3) is 0.389. The molecule has 7 heteroatoms. The van der Waals surface area contributed by atoms with Gasteiger partial charge in [-0.05, 0) is 30.2 Å². The minimum Gasteiger partial charge on any atom is -0.354 e. The zero-order valence-corrected chi connectivity index (χ0v) is 14.3. The molecule has 2 aromatic rings. The summed E-state index contributed by atoms with van der Waals surface area (Å²) in [6.45, 7) is 5.24. The van der Waals surface area contributed by atoms with Gasteiger partial charge in [0.15, 0.2) is 0 Å². The lowest BCUT2D eigenvalue weighted by molar-refractivity contribution is -0.129. The van der Waals surface area contributed by atoms with E-state index in [4.69, 9.17) is 0 Å². The number of nitrogens with one attached hydrogen (secondary N) is 1. The number of aromatic nitrogens is 2. The van der Waals surface area contributed by atoms with E-state index in [1.807, 2.05) is 11.0 Å². The molecule has 1 aromatic carbocycles. The van der Waals surface area contributed by atoms with E-state index in [0.29, 0.717) is 25.6 Å². The SMILES string of the molecule is CC(=O)N1CCN(c2ccnc(NCCc3ccc(F)cc3)n2)CC1. The molecule has 132 valence electrons. The average molecular weight is 343 g/mol. The van der Waals surface area contributed by atoms with E-state index in [-0.39, 0.29) is 11.7 Å². The Morgan fingerprint density at radius 1 is 1.16 bits per heavy atom. The smallest absolute Gasteiger partial charge is 0.224 e. The molecular formula is C18H22FN5O. The van der Waals surface area contributed by atoms with Crippen molar-refractivity contribution in [1.82, 2.24) is 14.9 Å². The Morgan fingerprint density at radius 3 is 2.56 bits per heavy atom. The molecule has 1 fully saturated rings. The van der Waals surface area contributed by atoms with Crippen molar-refractivity contribution in [2.45, 2.75) is 13.3 Å². The summed E-state index contributed by atoms with van der Waals surface area (Å²) in [6.07, 6.45) is 2.51. The maximum atomic E-state index is 12.9. The molecule has 1 aliphatic rings. The highest BCUT2D eigenvalue weighted by Crippen LogP contribution is 2.15. The minimum absolute atomic E-state index is 0.116. The van der Waals surface area contributed by atoms with Crippen LogP contribution in [0.4, 0.5) is 16.2 Å². The van der Waals surface area contributed by atoms with Gasteiger partial charge in [0.1, 0.15) is 11.6 Å². The van der Waals surface area contributed by atoms with Crippen molar-refractivity contribution in [3.05, 3.63) is 47.9 Å². The molecule has 0 atom stereocenters. The van der Waals surface area contributed by atoms with Crippen LogP contribution in [0.3, 0.4) is 0 Å². The number of anilines is 2. The van der Waals surface area contributed by atoms with Gasteiger partial charge in [-0.3, -0.25) is 4.79 Å². The maximum Gasteiger partial charge on any atom is 0.224 e. The van der Waals surface area contributed by atoms with E-state index in [2.05, 4.69) is 20.2 Å². The topological polar surface area (TPSA) is 61.4 Å². The lowest BCUT2D eigenvalue weighted by Gasteiger charge is -2.34. The Bertz CT molecular complexity index is 714. The van der Waals surface area contributed by atoms with E-state index in [1.165, 1.54) is 12.1 Å². The summed E-state index contributed by atoms with van der Waals surface area (Å²) in [5.41, 5.74) is 1.06. The summed E-state index contributed by atoms with van der Waals surface area (Å²) in [7, 11) is 0. The predicted octanol–water partition coefficient (Wildman–Crippen LogP) is 1.94. The highest BCUT2D eigenvalue weighted by atomic mass is 19.1. The normalized spacial score (nSPS) is 14.5. The van der Waals surface area contributed by atoms with Crippen LogP contribution in [0.5, 0.6) is 0 Å². The van der Waals surface area contributed by atoms with Gasteiger partial charge in [0.25, 0.3) is 0 Å². The van der Waals surface area contributed by atoms with Gasteiger partial charge in [0, 0.05) is 45.8 Å². The number of carbonyl (C=O) groups excluding carboxylic acids is 1. The molecule has 0 aliphatic carbocycles. The number of halogens is 1. The first-order chi connectivity index (χ1) is 12.1. The second-order valence-corrected chi connectivity index (χ2v) is 6.03. The van der Waals surface area contributed by atoms with Gasteiger partial charge in [-0.1, -0.05) is 12.1 Å². The second-order valence-electron chi connectivity index (χ2n) is 6.03. The number of nitrogens with zero attached hydrogens (tertiary/aromatic N) is 4. The third-order valence-corrected chi connectivity index (χ3v) is 4.30. The van der Waals surface area contributed by atoms with Gasteiger partial charge in [0.05, 0.1) is 0 Å². The van der Waals surface area contributed by atoms with Crippen molar-refractivity contribution in [3.8, 4) is 0 Å². The molecular weight excluding hydrogens is 321 g/mol. The summed E-state index contributed by atoms with van der Waals surface area (Å²) >= 11 is 0. The zero-order chi connectivity index (χ0) is 17.6. The second kappa shape index (κ2) is 7.92. The Hall–Kier alpha value is -2.70. The molecule has 6 nitrogen and oxygen atoms in total. The van der Waals surface area contributed by atoms with Crippen LogP contribution < -0.4 is 10.2 Å². The number of amides is 1. The molecule has 1 N–H and O–H groups in total. The predicted molar refractivity (Wildman–Crippen MR) is 95.1 cm³/mol. The van der Waals surface area contributed by atoms with E-state index in [1.54, 1.807) is 25.3 Å². The van der Waals surface area contributed by atoms with Crippen LogP contribution in [0.1, 0.15) is 12.5 Å². The standard InChI is InChI=1S/C18H22FN5O/c1-14(25)23-10-12-24(13-11-23)17-7-9-21-18(22-17)20-8-6-15-2-4-16(19)5-3-15/h2-5,7,9H,6,8,10-13H2,1H3,(H,20,21,22). The number of benzene rings is 1. The third-order valence-electron chi connectivity index (χ3n) is 4.30. The minimum atomic E-state index is -0.224. The van der Waals surface area contributed by atoms with Crippen LogP contribution in [0.25, 0.3) is 0 Å². The molecule has 1 aromatic heterocycles. The van der Waals surface area contributed by atoms with Crippen LogP contribution >= 0.6 is 0 Å². The first-order valence-electron chi connectivity index (χ1n) is 8.43. The molecule has 3 rings (SSSR count). The fourth-order valence-electron chi connectivity index (χ4n) is 2.83. The van der Waals surface area contributed by atoms with E-state index in [0.717, 1.165) is 30.9 Å². The monoisotopic (exact) mass is 343 g/mol. The molecule has 0 spiro atoms. The highest BCUT2D eigenvalue weighted by molar-refractivity contribution is 5.73. The Morgan fingerprint density at radius 2 is 1.88 bits per heavy atom. The Balaban J connectivity index is 1.53. The van der Waals surface area contributed by atoms with Crippen LogP contribution in [0, 0.1) is 5.82 Å². The van der Waals surface area contributed by atoms with Gasteiger partial charge < -0.3 is 15.1 Å². The fourth-order valence-corrected chi connectivity index (χ4v) is 2.83. The van der Waals surface area contributed by atoms with E-state index in [9.17, 15) is 9.18 Å². The van der Waals surface area contributed by atoms with Gasteiger partial charge >= 0.3 is 0 Å². The highest BCUT2D eigenvalue weighted by Gasteiger charge is 2.19. The lowest BCUT2D eigenvalue weighted by Crippen LogP contribution is -2.48. The van der Waals surface area contributed by atoms with Crippen molar-refractivity contribution in [1.29, 1.82) is 0 Å². The summed E-state index contributed by atoms with van der Waals surface area (Å²) in [6, 6.07) is 8.38. The van der Waals surface area contributed by atoms with Crippen LogP contribution in [0.2, 0.25) is 0 Å². The van der Waals surface area contributed by atoms with E-state index < -0.39 is 0 Å². The molecule has 0 radical (unpaired) electrons. The van der Waals surface area contributed by atoms with Gasteiger partial charge in [-0.2, -0.15) is 4.98 Å². The van der Waals surface area contributed by atoms with Crippen molar-refractivity contribution in [3.63, 3.8) is 0 Å². The third kappa shape index (κ3) is 4.65. The maximum absolute atomic E-state index is 12.9. The molecule has 1 aliphatic heterocycles. The zero-order valence-electron chi connectivity index (χ0n) is 14.3. The number of rotatable bonds is 5. The Kier molecular flexibility index (Phi) is 5.42. The van der Waals surface area contributed by atoms with Crippen LogP contribution in [-0.4, -0.2) is 53.5 Å². The number of hydrogen-bond acceptors (Lipinski definition) is 5. The number of hydrogen-bond donors (Lipinski definition) is 1. The molecule has 1 amide bonds. The number of carbonyl (C=O) groups is 1. The van der Waals surface area contributed by atoms with E-state index >= 15 is 0 Å². The van der Waals surface area contributed by atoms with Gasteiger partial charge in [-0.15, -0.1) is 0 Å². The molecule has 2 heterocycles. The van der Waals surface area contributed by atoms with Crippen molar-refractivity contribution in [2.24, 2.45) is 0 Å². The van der Waals surface area contributed by atoms with Crippen molar-refractivity contribution in [2.75, 3.05) is 42.9 Å². The van der Waals surface area contributed by atoms with Crippen LogP contribution in [0.15, 0.2) is 36.5 Å². The molecule has 0 unspecified atom stereocenters. The first-order valence-corrected chi connectivity index (χ1v) is 8.43. The summed E-state index contributed by atoms with van der Waals surface area (Å²) < 4.78 is 12.9. The quantitative estimate of drug-likeness (QED) is 0.899.